The number of hydrogen-bond acceptors (Lipinski definition) is 3. The summed E-state index contributed by atoms with van der Waals surface area (Å²) in [7, 11) is 0. The van der Waals surface area contributed by atoms with Crippen molar-refractivity contribution in [3.8, 4) is 0 Å². The molecule has 0 radical (unpaired) electrons. The first kappa shape index (κ1) is 17.4. The summed E-state index contributed by atoms with van der Waals surface area (Å²) in [6.07, 6.45) is 1.81. The van der Waals surface area contributed by atoms with Crippen LogP contribution in [0.15, 0.2) is 54.7 Å². The summed E-state index contributed by atoms with van der Waals surface area (Å²) in [6, 6.07) is 14.2. The lowest BCUT2D eigenvalue weighted by atomic mass is 10.1. The predicted molar refractivity (Wildman–Crippen MR) is 101 cm³/mol. The van der Waals surface area contributed by atoms with Crippen LogP contribution in [0.3, 0.4) is 0 Å². The standard InChI is InChI=1S/C20H19N3O3/c1-13(24)15-6-8-16(9-7-15)22-20(26)12-23-11-10-17-18(21-14(2)25)4-3-5-19(17)23/h3-11H,12H2,1-2H3,(H,21,25)(H,22,26). The molecule has 1 aromatic heterocycles. The number of nitrogens with one attached hydrogen (secondary N) is 2. The Kier molecular flexibility index (Phi) is 4.84. The molecule has 6 heteroatoms. The van der Waals surface area contributed by atoms with Crippen molar-refractivity contribution in [1.82, 2.24) is 4.57 Å². The number of nitrogens with zero attached hydrogens (tertiary/aromatic N) is 1. The first-order valence-corrected chi connectivity index (χ1v) is 8.20. The molecule has 0 fully saturated rings. The second-order valence-corrected chi connectivity index (χ2v) is 6.04. The maximum atomic E-state index is 12.3. The van der Waals surface area contributed by atoms with Gasteiger partial charge in [0.1, 0.15) is 6.54 Å². The Morgan fingerprint density at radius 2 is 1.65 bits per heavy atom. The van der Waals surface area contributed by atoms with Gasteiger partial charge in [-0.2, -0.15) is 0 Å². The summed E-state index contributed by atoms with van der Waals surface area (Å²) in [4.78, 5) is 34.9. The van der Waals surface area contributed by atoms with Crippen LogP contribution >= 0.6 is 0 Å². The molecule has 0 spiro atoms. The molecule has 1 heterocycles. The average molecular weight is 349 g/mol. The van der Waals surface area contributed by atoms with Crippen LogP contribution < -0.4 is 10.6 Å². The van der Waals surface area contributed by atoms with Gasteiger partial charge in [-0.1, -0.05) is 6.07 Å². The van der Waals surface area contributed by atoms with Crippen LogP contribution in [0.4, 0.5) is 11.4 Å². The highest BCUT2D eigenvalue weighted by atomic mass is 16.2. The number of ketones is 1. The number of rotatable bonds is 5. The summed E-state index contributed by atoms with van der Waals surface area (Å²) < 4.78 is 1.82. The van der Waals surface area contributed by atoms with Crippen LogP contribution in [0.5, 0.6) is 0 Å². The van der Waals surface area contributed by atoms with Crippen LogP contribution in [0.1, 0.15) is 24.2 Å². The number of fused-ring (bicyclic) bond motifs is 1. The summed E-state index contributed by atoms with van der Waals surface area (Å²) in [5.41, 5.74) is 2.81. The second-order valence-electron chi connectivity index (χ2n) is 6.04. The van der Waals surface area contributed by atoms with Gasteiger partial charge in [0.05, 0.1) is 11.2 Å². The van der Waals surface area contributed by atoms with Crippen LogP contribution in [-0.2, 0) is 16.1 Å². The highest BCUT2D eigenvalue weighted by Gasteiger charge is 2.10. The quantitative estimate of drug-likeness (QED) is 0.693. The van der Waals surface area contributed by atoms with Crippen molar-refractivity contribution in [3.05, 3.63) is 60.3 Å². The Balaban J connectivity index is 1.75. The molecule has 0 aliphatic carbocycles. The highest BCUT2D eigenvalue weighted by Crippen LogP contribution is 2.24. The molecule has 26 heavy (non-hydrogen) atoms. The molecular formula is C20H19N3O3. The van der Waals surface area contributed by atoms with E-state index in [0.29, 0.717) is 16.9 Å². The lowest BCUT2D eigenvalue weighted by Crippen LogP contribution is -2.18. The van der Waals surface area contributed by atoms with Crippen molar-refractivity contribution in [1.29, 1.82) is 0 Å². The molecule has 0 aliphatic heterocycles. The van der Waals surface area contributed by atoms with Gasteiger partial charge >= 0.3 is 0 Å². The van der Waals surface area contributed by atoms with Crippen molar-refractivity contribution in [3.63, 3.8) is 0 Å². The van der Waals surface area contributed by atoms with Crippen LogP contribution in [0.25, 0.3) is 10.9 Å². The van der Waals surface area contributed by atoms with Crippen LogP contribution in [0.2, 0.25) is 0 Å². The molecule has 0 atom stereocenters. The van der Waals surface area contributed by atoms with E-state index in [0.717, 1.165) is 10.9 Å². The average Bonchev–Trinajstić information content (AvgIpc) is 2.99. The maximum Gasteiger partial charge on any atom is 0.244 e. The Bertz CT molecular complexity index is 987. The lowest BCUT2D eigenvalue weighted by molar-refractivity contribution is -0.116. The van der Waals surface area contributed by atoms with E-state index in [2.05, 4.69) is 10.6 Å². The molecule has 2 aromatic carbocycles. The molecular weight excluding hydrogens is 330 g/mol. The van der Waals surface area contributed by atoms with Crippen molar-refractivity contribution in [2.45, 2.75) is 20.4 Å². The lowest BCUT2D eigenvalue weighted by Gasteiger charge is -2.09. The number of benzene rings is 2. The third kappa shape index (κ3) is 3.80. The van der Waals surface area contributed by atoms with E-state index in [4.69, 9.17) is 0 Å². The van der Waals surface area contributed by atoms with E-state index in [1.54, 1.807) is 24.3 Å². The molecule has 2 amide bonds. The van der Waals surface area contributed by atoms with Gasteiger partial charge in [0.15, 0.2) is 5.78 Å². The zero-order valence-electron chi connectivity index (χ0n) is 14.6. The molecule has 3 rings (SSSR count). The predicted octanol–water partition coefficient (Wildman–Crippen LogP) is 3.44. The Hall–Kier alpha value is -3.41. The SMILES string of the molecule is CC(=O)Nc1cccc2c1ccn2CC(=O)Nc1ccc(C(C)=O)cc1. The van der Waals surface area contributed by atoms with Crippen molar-refractivity contribution in [2.75, 3.05) is 10.6 Å². The number of carbonyl (C=O) groups excluding carboxylic acids is 3. The van der Waals surface area contributed by atoms with E-state index in [1.807, 2.05) is 35.0 Å². The number of carbonyl (C=O) groups is 3. The first-order valence-electron chi connectivity index (χ1n) is 8.20. The first-order chi connectivity index (χ1) is 12.4. The Morgan fingerprint density at radius 1 is 0.923 bits per heavy atom. The van der Waals surface area contributed by atoms with E-state index in [1.165, 1.54) is 13.8 Å². The van der Waals surface area contributed by atoms with Crippen LogP contribution in [-0.4, -0.2) is 22.2 Å². The normalized spacial score (nSPS) is 10.5. The fourth-order valence-electron chi connectivity index (χ4n) is 2.80. The minimum atomic E-state index is -0.178. The zero-order valence-corrected chi connectivity index (χ0v) is 14.6. The molecule has 3 aromatic rings. The molecule has 0 saturated heterocycles. The molecule has 132 valence electrons. The van der Waals surface area contributed by atoms with Crippen molar-refractivity contribution < 1.29 is 14.4 Å². The number of aromatic nitrogens is 1. The number of amides is 2. The van der Waals surface area contributed by atoms with E-state index in [-0.39, 0.29) is 24.1 Å². The number of Topliss-reactive ketones (excluding diaryl/α,β-unsaturated/α-hetero) is 1. The topological polar surface area (TPSA) is 80.2 Å². The molecule has 0 saturated carbocycles. The third-order valence-corrected chi connectivity index (χ3v) is 4.01. The van der Waals surface area contributed by atoms with Crippen molar-refractivity contribution in [2.24, 2.45) is 0 Å². The second kappa shape index (κ2) is 7.23. The smallest absolute Gasteiger partial charge is 0.244 e. The minimum Gasteiger partial charge on any atom is -0.338 e. The summed E-state index contributed by atoms with van der Waals surface area (Å²) in [6.45, 7) is 3.10. The van der Waals surface area contributed by atoms with E-state index >= 15 is 0 Å². The fraction of sp³-hybridized carbons (Fsp3) is 0.150. The Labute approximate surface area is 150 Å². The van der Waals surface area contributed by atoms with Gasteiger partial charge < -0.3 is 15.2 Å². The fourth-order valence-corrected chi connectivity index (χ4v) is 2.80. The largest absolute Gasteiger partial charge is 0.338 e. The monoisotopic (exact) mass is 349 g/mol. The summed E-state index contributed by atoms with van der Waals surface area (Å²) in [5.74, 6) is -0.336. The van der Waals surface area contributed by atoms with E-state index in [9.17, 15) is 14.4 Å². The van der Waals surface area contributed by atoms with Crippen molar-refractivity contribution >= 4 is 39.9 Å². The number of hydrogen-bond donors (Lipinski definition) is 2. The Morgan fingerprint density at radius 3 is 2.31 bits per heavy atom. The van der Waals surface area contributed by atoms with E-state index < -0.39 is 0 Å². The highest BCUT2D eigenvalue weighted by molar-refractivity contribution is 6.01. The van der Waals surface area contributed by atoms with Gasteiger partial charge in [0.2, 0.25) is 11.8 Å². The third-order valence-electron chi connectivity index (χ3n) is 4.01. The maximum absolute atomic E-state index is 12.3. The van der Waals surface area contributed by atoms with Gasteiger partial charge in [0, 0.05) is 29.8 Å². The molecule has 0 bridgehead atoms. The van der Waals surface area contributed by atoms with Gasteiger partial charge in [-0.15, -0.1) is 0 Å². The number of anilines is 2. The molecule has 2 N–H and O–H groups in total. The molecule has 6 nitrogen and oxygen atoms in total. The van der Waals surface area contributed by atoms with Gasteiger partial charge in [-0.3, -0.25) is 14.4 Å². The van der Waals surface area contributed by atoms with Gasteiger partial charge in [-0.05, 0) is 49.4 Å². The molecule has 0 unspecified atom stereocenters. The minimum absolute atomic E-state index is 0.0170. The summed E-state index contributed by atoms with van der Waals surface area (Å²) in [5, 5.41) is 6.48. The van der Waals surface area contributed by atoms with Gasteiger partial charge in [-0.25, -0.2) is 0 Å². The van der Waals surface area contributed by atoms with Gasteiger partial charge in [0.25, 0.3) is 0 Å². The van der Waals surface area contributed by atoms with Crippen LogP contribution in [0, 0.1) is 0 Å². The zero-order chi connectivity index (χ0) is 18.7. The molecule has 0 aliphatic rings. The summed E-state index contributed by atoms with van der Waals surface area (Å²) >= 11 is 0.